The highest BCUT2D eigenvalue weighted by molar-refractivity contribution is 5.96. The quantitative estimate of drug-likeness (QED) is 0.676. The van der Waals surface area contributed by atoms with E-state index in [0.717, 1.165) is 28.2 Å². The SMILES string of the molecule is Cc1nn(-c2ccccc2)c(C)c1CN(C)[C@H](C(=O)NC(N)=O)c1ccccc1. The Morgan fingerprint density at radius 3 is 2.24 bits per heavy atom. The molecule has 0 spiro atoms. The van der Waals surface area contributed by atoms with Crippen LogP contribution in [0.25, 0.3) is 5.69 Å². The summed E-state index contributed by atoms with van der Waals surface area (Å²) in [7, 11) is 1.84. The van der Waals surface area contributed by atoms with Crippen LogP contribution in [0, 0.1) is 13.8 Å². The van der Waals surface area contributed by atoms with Gasteiger partial charge in [-0.1, -0.05) is 48.5 Å². The number of rotatable bonds is 6. The lowest BCUT2D eigenvalue weighted by Crippen LogP contribution is -2.43. The van der Waals surface area contributed by atoms with E-state index in [1.54, 1.807) is 0 Å². The zero-order valence-electron chi connectivity index (χ0n) is 16.8. The number of carbonyl (C=O) groups excluding carboxylic acids is 2. The molecule has 0 aliphatic rings. The Labute approximate surface area is 170 Å². The van der Waals surface area contributed by atoms with Gasteiger partial charge in [-0.2, -0.15) is 5.10 Å². The topological polar surface area (TPSA) is 93.2 Å². The molecule has 0 bridgehead atoms. The third-order valence-electron chi connectivity index (χ3n) is 4.90. The van der Waals surface area contributed by atoms with E-state index < -0.39 is 18.0 Å². The van der Waals surface area contributed by atoms with Crippen molar-refractivity contribution in [2.75, 3.05) is 7.05 Å². The number of nitrogens with one attached hydrogen (secondary N) is 1. The second kappa shape index (κ2) is 8.70. The third-order valence-corrected chi connectivity index (χ3v) is 4.90. The molecule has 0 fully saturated rings. The van der Waals surface area contributed by atoms with Gasteiger partial charge in [-0.05, 0) is 38.6 Å². The molecular formula is C22H25N5O2. The zero-order chi connectivity index (χ0) is 21.0. The number of primary amides is 1. The van der Waals surface area contributed by atoms with Crippen molar-refractivity contribution >= 4 is 11.9 Å². The van der Waals surface area contributed by atoms with Gasteiger partial charge in [0.15, 0.2) is 0 Å². The summed E-state index contributed by atoms with van der Waals surface area (Å²) in [6.45, 7) is 4.45. The first-order chi connectivity index (χ1) is 13.9. The van der Waals surface area contributed by atoms with Crippen molar-refractivity contribution in [1.29, 1.82) is 0 Å². The lowest BCUT2D eigenvalue weighted by Gasteiger charge is -2.27. The summed E-state index contributed by atoms with van der Waals surface area (Å²) in [6, 6.07) is 17.7. The van der Waals surface area contributed by atoms with E-state index in [9.17, 15) is 9.59 Å². The molecule has 2 aromatic carbocycles. The van der Waals surface area contributed by atoms with Crippen LogP contribution in [0.4, 0.5) is 4.79 Å². The van der Waals surface area contributed by atoms with E-state index in [1.165, 1.54) is 0 Å². The Morgan fingerprint density at radius 2 is 1.66 bits per heavy atom. The van der Waals surface area contributed by atoms with Crippen molar-refractivity contribution in [3.8, 4) is 5.69 Å². The van der Waals surface area contributed by atoms with Crippen LogP contribution in [0.3, 0.4) is 0 Å². The number of aromatic nitrogens is 2. The lowest BCUT2D eigenvalue weighted by atomic mass is 10.0. The van der Waals surface area contributed by atoms with Crippen molar-refractivity contribution in [2.45, 2.75) is 26.4 Å². The van der Waals surface area contributed by atoms with Crippen LogP contribution in [0.15, 0.2) is 60.7 Å². The number of hydrogen-bond donors (Lipinski definition) is 2. The monoisotopic (exact) mass is 391 g/mol. The smallest absolute Gasteiger partial charge is 0.318 e. The molecule has 1 heterocycles. The molecule has 0 aliphatic carbocycles. The van der Waals surface area contributed by atoms with Gasteiger partial charge in [0.1, 0.15) is 6.04 Å². The Kier molecular flexibility index (Phi) is 6.09. The van der Waals surface area contributed by atoms with Gasteiger partial charge in [-0.15, -0.1) is 0 Å². The van der Waals surface area contributed by atoms with E-state index in [2.05, 4.69) is 10.4 Å². The number of carbonyl (C=O) groups is 2. The summed E-state index contributed by atoms with van der Waals surface area (Å²) >= 11 is 0. The summed E-state index contributed by atoms with van der Waals surface area (Å²) < 4.78 is 1.90. The number of aryl methyl sites for hydroxylation is 1. The molecule has 3 amide bonds. The van der Waals surface area contributed by atoms with Crippen LogP contribution >= 0.6 is 0 Å². The van der Waals surface area contributed by atoms with E-state index in [-0.39, 0.29) is 0 Å². The van der Waals surface area contributed by atoms with Crippen LogP contribution in [-0.4, -0.2) is 33.7 Å². The summed E-state index contributed by atoms with van der Waals surface area (Å²) in [5, 5.41) is 6.88. The molecule has 3 N–H and O–H groups in total. The number of urea groups is 1. The van der Waals surface area contributed by atoms with Crippen molar-refractivity contribution in [3.63, 3.8) is 0 Å². The summed E-state index contributed by atoms with van der Waals surface area (Å²) in [5.74, 6) is -0.461. The summed E-state index contributed by atoms with van der Waals surface area (Å²) in [4.78, 5) is 25.8. The number of benzene rings is 2. The number of nitrogens with two attached hydrogens (primary N) is 1. The highest BCUT2D eigenvalue weighted by Crippen LogP contribution is 2.25. The Balaban J connectivity index is 1.92. The Bertz CT molecular complexity index is 999. The van der Waals surface area contributed by atoms with Crippen molar-refractivity contribution < 1.29 is 9.59 Å². The highest BCUT2D eigenvalue weighted by atomic mass is 16.2. The van der Waals surface area contributed by atoms with Crippen LogP contribution in [0.2, 0.25) is 0 Å². The first-order valence-electron chi connectivity index (χ1n) is 9.34. The lowest BCUT2D eigenvalue weighted by molar-refractivity contribution is -0.125. The predicted molar refractivity (Wildman–Crippen MR) is 111 cm³/mol. The highest BCUT2D eigenvalue weighted by Gasteiger charge is 2.27. The van der Waals surface area contributed by atoms with Crippen molar-refractivity contribution in [2.24, 2.45) is 5.73 Å². The molecule has 3 aromatic rings. The van der Waals surface area contributed by atoms with E-state index >= 15 is 0 Å². The number of nitrogens with zero attached hydrogens (tertiary/aromatic N) is 3. The molecule has 7 nitrogen and oxygen atoms in total. The second-order valence-corrected chi connectivity index (χ2v) is 6.98. The summed E-state index contributed by atoms with van der Waals surface area (Å²) in [5.41, 5.74) is 9.86. The van der Waals surface area contributed by atoms with Gasteiger partial charge in [0, 0.05) is 17.8 Å². The van der Waals surface area contributed by atoms with Gasteiger partial charge in [0.2, 0.25) is 5.91 Å². The fourth-order valence-electron chi connectivity index (χ4n) is 3.50. The van der Waals surface area contributed by atoms with E-state index in [0.29, 0.717) is 6.54 Å². The van der Waals surface area contributed by atoms with Gasteiger partial charge in [0.25, 0.3) is 0 Å². The number of para-hydroxylation sites is 1. The third kappa shape index (κ3) is 4.52. The fourth-order valence-corrected chi connectivity index (χ4v) is 3.50. The van der Waals surface area contributed by atoms with E-state index in [4.69, 9.17) is 5.73 Å². The molecule has 0 radical (unpaired) electrons. The van der Waals surface area contributed by atoms with E-state index in [1.807, 2.05) is 91.1 Å². The van der Waals surface area contributed by atoms with Gasteiger partial charge < -0.3 is 5.73 Å². The maximum Gasteiger partial charge on any atom is 0.318 e. The number of hydrogen-bond acceptors (Lipinski definition) is 4. The maximum atomic E-state index is 12.7. The molecule has 0 unspecified atom stereocenters. The summed E-state index contributed by atoms with van der Waals surface area (Å²) in [6.07, 6.45) is 0. The first-order valence-corrected chi connectivity index (χ1v) is 9.34. The molecule has 1 atom stereocenters. The molecule has 0 saturated heterocycles. The average molecular weight is 391 g/mol. The molecule has 0 saturated carbocycles. The van der Waals surface area contributed by atoms with Gasteiger partial charge >= 0.3 is 6.03 Å². The average Bonchev–Trinajstić information content (AvgIpc) is 2.97. The maximum absolute atomic E-state index is 12.7. The van der Waals surface area contributed by atoms with Crippen LogP contribution < -0.4 is 11.1 Å². The standard InChI is InChI=1S/C22H25N5O2/c1-15-19(16(2)27(25-15)18-12-8-5-9-13-18)14-26(3)20(21(28)24-22(23)29)17-10-6-4-7-11-17/h4-13,20H,14H2,1-3H3,(H3,23,24,28,29)/t20-/m0/s1. The molecule has 0 aliphatic heterocycles. The number of amides is 3. The molecule has 7 heteroatoms. The van der Waals surface area contributed by atoms with Crippen LogP contribution in [-0.2, 0) is 11.3 Å². The fraction of sp³-hybridized carbons (Fsp3) is 0.227. The molecular weight excluding hydrogens is 366 g/mol. The minimum absolute atomic E-state index is 0.461. The minimum Gasteiger partial charge on any atom is -0.351 e. The second-order valence-electron chi connectivity index (χ2n) is 6.98. The predicted octanol–water partition coefficient (Wildman–Crippen LogP) is 2.86. The zero-order valence-corrected chi connectivity index (χ0v) is 16.8. The Morgan fingerprint density at radius 1 is 1.07 bits per heavy atom. The Hall–Kier alpha value is -3.45. The molecule has 29 heavy (non-hydrogen) atoms. The minimum atomic E-state index is -0.867. The van der Waals surface area contributed by atoms with Crippen LogP contribution in [0.5, 0.6) is 0 Å². The number of likely N-dealkylation sites (N-methyl/N-ethyl adjacent to an activating group) is 1. The van der Waals surface area contributed by atoms with Crippen LogP contribution in [0.1, 0.15) is 28.6 Å². The van der Waals surface area contributed by atoms with Gasteiger partial charge in [0.05, 0.1) is 11.4 Å². The number of imide groups is 1. The van der Waals surface area contributed by atoms with Gasteiger partial charge in [-0.25, -0.2) is 9.48 Å². The van der Waals surface area contributed by atoms with Gasteiger partial charge in [-0.3, -0.25) is 15.0 Å². The largest absolute Gasteiger partial charge is 0.351 e. The molecule has 150 valence electrons. The molecule has 3 rings (SSSR count). The van der Waals surface area contributed by atoms with Crippen molar-refractivity contribution in [1.82, 2.24) is 20.0 Å². The van der Waals surface area contributed by atoms with Crippen molar-refractivity contribution in [3.05, 3.63) is 83.2 Å². The first kappa shape index (κ1) is 20.3. The normalized spacial score (nSPS) is 12.0. The molecule has 1 aromatic heterocycles.